The molecule has 1 aromatic carbocycles. The van der Waals surface area contributed by atoms with Gasteiger partial charge in [-0.05, 0) is 55.3 Å². The lowest BCUT2D eigenvalue weighted by atomic mass is 9.85. The van der Waals surface area contributed by atoms with Gasteiger partial charge in [-0.1, -0.05) is 43.4 Å². The summed E-state index contributed by atoms with van der Waals surface area (Å²) in [6, 6.07) is 5.58. The summed E-state index contributed by atoms with van der Waals surface area (Å²) in [6.45, 7) is 1.09. The maximum Gasteiger partial charge on any atom is 0.124 e. The molecule has 0 aromatic heterocycles. The molecule has 0 aliphatic heterocycles. The van der Waals surface area contributed by atoms with Gasteiger partial charge in [0.25, 0.3) is 0 Å². The van der Waals surface area contributed by atoms with Crippen molar-refractivity contribution in [2.24, 2.45) is 11.8 Å². The third-order valence-corrected chi connectivity index (χ3v) is 5.16. The van der Waals surface area contributed by atoms with E-state index in [0.29, 0.717) is 10.9 Å². The highest BCUT2D eigenvalue weighted by Crippen LogP contribution is 2.34. The number of hydrogen-bond acceptors (Lipinski definition) is 1. The van der Waals surface area contributed by atoms with Gasteiger partial charge in [-0.25, -0.2) is 4.39 Å². The van der Waals surface area contributed by atoms with Gasteiger partial charge in [-0.2, -0.15) is 0 Å². The van der Waals surface area contributed by atoms with Gasteiger partial charge in [0.05, 0.1) is 0 Å². The number of benzene rings is 1. The van der Waals surface area contributed by atoms with Crippen LogP contribution in [-0.4, -0.2) is 12.6 Å². The third kappa shape index (κ3) is 3.73. The predicted molar refractivity (Wildman–Crippen MR) is 81.6 cm³/mol. The molecule has 0 bridgehead atoms. The highest BCUT2D eigenvalue weighted by atomic mass is 35.5. The lowest BCUT2D eigenvalue weighted by Gasteiger charge is -2.24. The summed E-state index contributed by atoms with van der Waals surface area (Å²) < 4.78 is 13.2. The van der Waals surface area contributed by atoms with Gasteiger partial charge in [-0.3, -0.25) is 0 Å². The van der Waals surface area contributed by atoms with Crippen molar-refractivity contribution in [3.8, 4) is 0 Å². The minimum Gasteiger partial charge on any atom is -0.314 e. The average Bonchev–Trinajstić information content (AvgIpc) is 3.09. The second kappa shape index (κ2) is 6.44. The van der Waals surface area contributed by atoms with Crippen molar-refractivity contribution in [2.45, 2.75) is 51.0 Å². The summed E-state index contributed by atoms with van der Waals surface area (Å²) in [5.41, 5.74) is 1.10. The number of rotatable bonds is 6. The minimum atomic E-state index is -0.243. The van der Waals surface area contributed by atoms with Crippen molar-refractivity contribution in [1.29, 1.82) is 0 Å². The molecule has 110 valence electrons. The lowest BCUT2D eigenvalue weighted by molar-refractivity contribution is 0.320. The largest absolute Gasteiger partial charge is 0.314 e. The first-order valence-corrected chi connectivity index (χ1v) is 8.27. The number of nitrogens with one attached hydrogen (secondary N) is 1. The van der Waals surface area contributed by atoms with Gasteiger partial charge >= 0.3 is 0 Å². The van der Waals surface area contributed by atoms with Crippen molar-refractivity contribution >= 4 is 11.6 Å². The molecule has 2 saturated carbocycles. The van der Waals surface area contributed by atoms with Gasteiger partial charge in [-0.15, -0.1) is 0 Å². The molecule has 0 amide bonds. The molecule has 0 radical (unpaired) electrons. The van der Waals surface area contributed by atoms with Gasteiger partial charge in [0.2, 0.25) is 0 Å². The monoisotopic (exact) mass is 295 g/mol. The number of halogens is 2. The Morgan fingerprint density at radius 2 is 1.95 bits per heavy atom. The van der Waals surface area contributed by atoms with Crippen LogP contribution in [-0.2, 0) is 6.42 Å². The molecule has 3 rings (SSSR count). The van der Waals surface area contributed by atoms with Crippen molar-refractivity contribution in [3.63, 3.8) is 0 Å². The standard InChI is InChI=1S/C17H23ClFN/c18-17-10-15(19)6-5-13(17)9-14(11-20-16-7-8-16)12-3-1-2-4-12/h5-6,10,12,14,16,20H,1-4,7-9,11H2. The highest BCUT2D eigenvalue weighted by molar-refractivity contribution is 6.31. The molecule has 0 spiro atoms. The van der Waals surface area contributed by atoms with E-state index < -0.39 is 0 Å². The van der Waals surface area contributed by atoms with Crippen LogP contribution in [0.15, 0.2) is 18.2 Å². The zero-order valence-corrected chi connectivity index (χ0v) is 12.6. The van der Waals surface area contributed by atoms with Crippen molar-refractivity contribution < 1.29 is 4.39 Å². The van der Waals surface area contributed by atoms with Gasteiger partial charge < -0.3 is 5.32 Å². The summed E-state index contributed by atoms with van der Waals surface area (Å²) in [5, 5.41) is 4.25. The zero-order valence-electron chi connectivity index (χ0n) is 11.9. The van der Waals surface area contributed by atoms with E-state index in [0.717, 1.165) is 30.5 Å². The Morgan fingerprint density at radius 1 is 1.20 bits per heavy atom. The Hall–Kier alpha value is -0.600. The minimum absolute atomic E-state index is 0.243. The van der Waals surface area contributed by atoms with Crippen LogP contribution in [0.3, 0.4) is 0 Å². The Balaban J connectivity index is 1.66. The fraction of sp³-hybridized carbons (Fsp3) is 0.647. The molecule has 20 heavy (non-hydrogen) atoms. The first kappa shape index (κ1) is 14.3. The van der Waals surface area contributed by atoms with Crippen molar-refractivity contribution in [3.05, 3.63) is 34.6 Å². The Kier molecular flexibility index (Phi) is 4.62. The van der Waals surface area contributed by atoms with Crippen LogP contribution in [0.5, 0.6) is 0 Å². The van der Waals surface area contributed by atoms with Crippen LogP contribution in [0, 0.1) is 17.7 Å². The maximum absolute atomic E-state index is 13.2. The van der Waals surface area contributed by atoms with Crippen LogP contribution >= 0.6 is 11.6 Å². The summed E-state index contributed by atoms with van der Waals surface area (Å²) in [4.78, 5) is 0. The fourth-order valence-corrected chi connectivity index (χ4v) is 3.65. The molecule has 0 heterocycles. The summed E-state index contributed by atoms with van der Waals surface area (Å²) in [6.07, 6.45) is 9.04. The molecule has 0 saturated heterocycles. The topological polar surface area (TPSA) is 12.0 Å². The smallest absolute Gasteiger partial charge is 0.124 e. The normalized spacial score (nSPS) is 21.3. The third-order valence-electron chi connectivity index (χ3n) is 4.81. The summed E-state index contributed by atoms with van der Waals surface area (Å²) >= 11 is 6.19. The molecule has 2 aliphatic rings. The van der Waals surface area contributed by atoms with E-state index >= 15 is 0 Å². The van der Waals surface area contributed by atoms with E-state index in [1.807, 2.05) is 6.07 Å². The lowest BCUT2D eigenvalue weighted by Crippen LogP contribution is -2.30. The Morgan fingerprint density at radius 3 is 2.60 bits per heavy atom. The molecule has 1 unspecified atom stereocenters. The SMILES string of the molecule is Fc1ccc(CC(CNC2CC2)C2CCCC2)c(Cl)c1. The first-order chi connectivity index (χ1) is 9.72. The van der Waals surface area contributed by atoms with Gasteiger partial charge in [0.1, 0.15) is 5.82 Å². The molecule has 1 aromatic rings. The molecule has 1 atom stereocenters. The van der Waals surface area contributed by atoms with E-state index in [4.69, 9.17) is 11.6 Å². The van der Waals surface area contributed by atoms with E-state index in [1.165, 1.54) is 50.7 Å². The molecular formula is C17H23ClFN. The molecule has 1 nitrogen and oxygen atoms in total. The van der Waals surface area contributed by atoms with Crippen LogP contribution in [0.4, 0.5) is 4.39 Å². The molecule has 2 aliphatic carbocycles. The van der Waals surface area contributed by atoms with Crippen LogP contribution < -0.4 is 5.32 Å². The maximum atomic E-state index is 13.2. The predicted octanol–water partition coefficient (Wildman–Crippen LogP) is 4.58. The van der Waals surface area contributed by atoms with Gasteiger partial charge in [0, 0.05) is 11.1 Å². The second-order valence-corrected chi connectivity index (χ2v) is 6.83. The van der Waals surface area contributed by atoms with Crippen LogP contribution in [0.25, 0.3) is 0 Å². The average molecular weight is 296 g/mol. The molecular weight excluding hydrogens is 273 g/mol. The second-order valence-electron chi connectivity index (χ2n) is 6.43. The molecule has 3 heteroatoms. The summed E-state index contributed by atoms with van der Waals surface area (Å²) in [7, 11) is 0. The molecule has 1 N–H and O–H groups in total. The zero-order chi connectivity index (χ0) is 13.9. The number of hydrogen-bond donors (Lipinski definition) is 1. The highest BCUT2D eigenvalue weighted by Gasteiger charge is 2.28. The quantitative estimate of drug-likeness (QED) is 0.810. The Bertz CT molecular complexity index is 452. The Labute approximate surface area is 125 Å². The van der Waals surface area contributed by atoms with Gasteiger partial charge in [0.15, 0.2) is 0 Å². The van der Waals surface area contributed by atoms with Crippen LogP contribution in [0.1, 0.15) is 44.1 Å². The van der Waals surface area contributed by atoms with E-state index in [1.54, 1.807) is 0 Å². The fourth-order valence-electron chi connectivity index (χ4n) is 3.41. The summed E-state index contributed by atoms with van der Waals surface area (Å²) in [5.74, 6) is 1.20. The van der Waals surface area contributed by atoms with Crippen molar-refractivity contribution in [2.75, 3.05) is 6.54 Å². The van der Waals surface area contributed by atoms with E-state index in [-0.39, 0.29) is 5.82 Å². The van der Waals surface area contributed by atoms with Crippen LogP contribution in [0.2, 0.25) is 5.02 Å². The van der Waals surface area contributed by atoms with E-state index in [9.17, 15) is 4.39 Å². The van der Waals surface area contributed by atoms with Crippen molar-refractivity contribution in [1.82, 2.24) is 5.32 Å². The first-order valence-electron chi connectivity index (χ1n) is 7.89. The molecule has 2 fully saturated rings. The van der Waals surface area contributed by atoms with E-state index in [2.05, 4.69) is 5.32 Å².